The third-order valence-electron chi connectivity index (χ3n) is 4.68. The number of nitrogens with zero attached hydrogens (tertiary/aromatic N) is 1. The molecule has 1 nitrogen and oxygen atoms in total. The smallest absolute Gasteiger partial charge is 0.0236 e. The molecule has 1 heterocycles. The van der Waals surface area contributed by atoms with Gasteiger partial charge in [-0.2, -0.15) is 0 Å². The number of benzene rings is 2. The van der Waals surface area contributed by atoms with Gasteiger partial charge in [-0.1, -0.05) is 70.9 Å². The molecule has 2 aromatic carbocycles. The molecule has 0 amide bonds. The van der Waals surface area contributed by atoms with Crippen molar-refractivity contribution in [1.29, 1.82) is 0 Å². The van der Waals surface area contributed by atoms with Crippen LogP contribution in [0.3, 0.4) is 0 Å². The summed E-state index contributed by atoms with van der Waals surface area (Å²) in [6, 6.07) is 20.2. The van der Waals surface area contributed by atoms with E-state index < -0.39 is 0 Å². The van der Waals surface area contributed by atoms with E-state index in [2.05, 4.69) is 75.4 Å². The van der Waals surface area contributed by atoms with E-state index in [-0.39, 0.29) is 0 Å². The van der Waals surface area contributed by atoms with Gasteiger partial charge in [0.25, 0.3) is 0 Å². The highest BCUT2D eigenvalue weighted by Gasteiger charge is 2.22. The summed E-state index contributed by atoms with van der Waals surface area (Å²) in [5, 5.41) is 0. The van der Waals surface area contributed by atoms with Crippen LogP contribution >= 0.6 is 15.9 Å². The zero-order valence-electron chi connectivity index (χ0n) is 13.0. The summed E-state index contributed by atoms with van der Waals surface area (Å²) >= 11 is 3.68. The number of hydrogen-bond acceptors (Lipinski definition) is 1. The fourth-order valence-electron chi connectivity index (χ4n) is 3.44. The van der Waals surface area contributed by atoms with Crippen LogP contribution in [0.15, 0.2) is 59.1 Å². The molecule has 0 bridgehead atoms. The Labute approximate surface area is 142 Å². The minimum atomic E-state index is 0.723. The number of hydrogen-bond donors (Lipinski definition) is 0. The molecule has 0 spiro atoms. The Balaban J connectivity index is 1.61. The van der Waals surface area contributed by atoms with Gasteiger partial charge >= 0.3 is 0 Å². The summed E-state index contributed by atoms with van der Waals surface area (Å²) in [4.78, 5) is 2.69. The zero-order chi connectivity index (χ0) is 15.2. The molecule has 0 aromatic heterocycles. The van der Waals surface area contributed by atoms with E-state index in [4.69, 9.17) is 0 Å². The van der Waals surface area contributed by atoms with Crippen molar-refractivity contribution in [3.63, 3.8) is 0 Å². The Morgan fingerprint density at radius 3 is 2.55 bits per heavy atom. The van der Waals surface area contributed by atoms with Gasteiger partial charge in [0.2, 0.25) is 0 Å². The zero-order valence-corrected chi connectivity index (χ0v) is 14.6. The van der Waals surface area contributed by atoms with Crippen LogP contribution in [-0.2, 0) is 13.0 Å². The number of likely N-dealkylation sites (tertiary alicyclic amines) is 1. The Morgan fingerprint density at radius 1 is 0.955 bits per heavy atom. The fraction of sp³-hybridized carbons (Fsp3) is 0.400. The van der Waals surface area contributed by atoms with E-state index in [0.717, 1.165) is 19.0 Å². The van der Waals surface area contributed by atoms with Gasteiger partial charge in [-0.05, 0) is 49.4 Å². The van der Waals surface area contributed by atoms with Crippen molar-refractivity contribution in [2.24, 2.45) is 0 Å². The number of aryl methyl sites for hydroxylation is 1. The topological polar surface area (TPSA) is 3.24 Å². The minimum absolute atomic E-state index is 0.723. The second kappa shape index (κ2) is 7.94. The summed E-state index contributed by atoms with van der Waals surface area (Å²) in [6.45, 7) is 2.34. The van der Waals surface area contributed by atoms with Gasteiger partial charge in [-0.3, -0.25) is 4.90 Å². The van der Waals surface area contributed by atoms with Gasteiger partial charge in [0.1, 0.15) is 0 Å². The summed E-state index contributed by atoms with van der Waals surface area (Å²) in [5.74, 6) is 0. The molecule has 0 N–H and O–H groups in total. The van der Waals surface area contributed by atoms with Crippen molar-refractivity contribution in [3.05, 3.63) is 70.2 Å². The van der Waals surface area contributed by atoms with Crippen LogP contribution in [0.25, 0.3) is 0 Å². The van der Waals surface area contributed by atoms with E-state index in [9.17, 15) is 0 Å². The van der Waals surface area contributed by atoms with E-state index in [1.165, 1.54) is 47.8 Å². The second-order valence-electron chi connectivity index (χ2n) is 6.24. The largest absolute Gasteiger partial charge is 0.296 e. The van der Waals surface area contributed by atoms with Crippen molar-refractivity contribution in [2.75, 3.05) is 6.54 Å². The maximum absolute atomic E-state index is 3.68. The molecule has 1 fully saturated rings. The van der Waals surface area contributed by atoms with Crippen molar-refractivity contribution < 1.29 is 0 Å². The van der Waals surface area contributed by atoms with Crippen LogP contribution in [0.4, 0.5) is 0 Å². The molecule has 22 heavy (non-hydrogen) atoms. The van der Waals surface area contributed by atoms with Gasteiger partial charge in [0, 0.05) is 17.1 Å². The number of halogens is 1. The average Bonchev–Trinajstić information content (AvgIpc) is 2.56. The summed E-state index contributed by atoms with van der Waals surface area (Å²) < 4.78 is 1.25. The van der Waals surface area contributed by atoms with Crippen LogP contribution < -0.4 is 0 Å². The highest BCUT2D eigenvalue weighted by molar-refractivity contribution is 9.10. The molecular weight excluding hydrogens is 334 g/mol. The van der Waals surface area contributed by atoms with Gasteiger partial charge in [-0.25, -0.2) is 0 Å². The SMILES string of the molecule is Brc1ccccc1CC[C@H]1CCCCN1Cc1ccccc1. The summed E-state index contributed by atoms with van der Waals surface area (Å²) in [6.07, 6.45) is 6.49. The standard InChI is InChI=1S/C20H24BrN/c21-20-12-5-4-10-18(20)13-14-19-11-6-7-15-22(19)16-17-8-2-1-3-9-17/h1-5,8-10,12,19H,6-7,11,13-16H2/t19-/m1/s1. The summed E-state index contributed by atoms with van der Waals surface area (Å²) in [7, 11) is 0. The first-order valence-corrected chi connectivity index (χ1v) is 9.13. The van der Waals surface area contributed by atoms with Crippen LogP contribution in [0.2, 0.25) is 0 Å². The Bertz CT molecular complexity index is 581. The van der Waals surface area contributed by atoms with E-state index in [1.807, 2.05) is 0 Å². The first-order valence-electron chi connectivity index (χ1n) is 8.34. The molecule has 1 aliphatic heterocycles. The van der Waals surface area contributed by atoms with Crippen molar-refractivity contribution in [1.82, 2.24) is 4.90 Å². The number of piperidine rings is 1. The normalized spacial score (nSPS) is 19.2. The molecule has 0 unspecified atom stereocenters. The first-order chi connectivity index (χ1) is 10.8. The second-order valence-corrected chi connectivity index (χ2v) is 7.09. The van der Waals surface area contributed by atoms with E-state index in [1.54, 1.807) is 0 Å². The van der Waals surface area contributed by atoms with Crippen LogP contribution in [0, 0.1) is 0 Å². The molecule has 0 saturated carbocycles. The molecule has 1 saturated heterocycles. The first kappa shape index (κ1) is 15.8. The average molecular weight is 358 g/mol. The maximum Gasteiger partial charge on any atom is 0.0236 e. The highest BCUT2D eigenvalue weighted by Crippen LogP contribution is 2.25. The van der Waals surface area contributed by atoms with Crippen molar-refractivity contribution >= 4 is 15.9 Å². The molecule has 2 aromatic rings. The van der Waals surface area contributed by atoms with Gasteiger partial charge in [0.15, 0.2) is 0 Å². The van der Waals surface area contributed by atoms with Crippen LogP contribution in [0.5, 0.6) is 0 Å². The molecule has 1 atom stereocenters. The molecule has 0 aliphatic carbocycles. The maximum atomic E-state index is 3.68. The predicted molar refractivity (Wildman–Crippen MR) is 97.0 cm³/mol. The Kier molecular flexibility index (Phi) is 5.69. The minimum Gasteiger partial charge on any atom is -0.296 e. The van der Waals surface area contributed by atoms with E-state index >= 15 is 0 Å². The van der Waals surface area contributed by atoms with Crippen LogP contribution in [-0.4, -0.2) is 17.5 Å². The fourth-order valence-corrected chi connectivity index (χ4v) is 3.92. The third kappa shape index (κ3) is 4.21. The third-order valence-corrected chi connectivity index (χ3v) is 5.46. The monoisotopic (exact) mass is 357 g/mol. The van der Waals surface area contributed by atoms with Gasteiger partial charge in [-0.15, -0.1) is 0 Å². The molecular formula is C20H24BrN. The lowest BCUT2D eigenvalue weighted by Crippen LogP contribution is -2.39. The number of rotatable bonds is 5. The Hall–Kier alpha value is -1.12. The van der Waals surface area contributed by atoms with Gasteiger partial charge in [0.05, 0.1) is 0 Å². The predicted octanol–water partition coefficient (Wildman–Crippen LogP) is 5.44. The van der Waals surface area contributed by atoms with Crippen molar-refractivity contribution in [3.8, 4) is 0 Å². The molecule has 0 radical (unpaired) electrons. The lowest BCUT2D eigenvalue weighted by Gasteiger charge is -2.36. The molecule has 1 aliphatic rings. The van der Waals surface area contributed by atoms with Crippen LogP contribution in [0.1, 0.15) is 36.8 Å². The highest BCUT2D eigenvalue weighted by atomic mass is 79.9. The van der Waals surface area contributed by atoms with Crippen molar-refractivity contribution in [2.45, 2.75) is 44.7 Å². The molecule has 116 valence electrons. The lowest BCUT2D eigenvalue weighted by atomic mass is 9.95. The quantitative estimate of drug-likeness (QED) is 0.688. The summed E-state index contributed by atoms with van der Waals surface area (Å²) in [5.41, 5.74) is 2.88. The molecule has 2 heteroatoms. The molecule has 3 rings (SSSR count). The Morgan fingerprint density at radius 2 is 1.73 bits per heavy atom. The lowest BCUT2D eigenvalue weighted by molar-refractivity contribution is 0.132. The van der Waals surface area contributed by atoms with E-state index in [0.29, 0.717) is 0 Å². The van der Waals surface area contributed by atoms with Gasteiger partial charge < -0.3 is 0 Å².